The number of hydrogen-bond acceptors (Lipinski definition) is 11. The van der Waals surface area contributed by atoms with Crippen LogP contribution in [0.4, 0.5) is 29.4 Å². The smallest absolute Gasteiger partial charge is 0.231 e. The van der Waals surface area contributed by atoms with Crippen molar-refractivity contribution in [3.8, 4) is 5.75 Å². The fraction of sp³-hybridized carbons (Fsp3) is 0.367. The van der Waals surface area contributed by atoms with Crippen LogP contribution in [0.1, 0.15) is 24.0 Å². The molecule has 2 aromatic heterocycles. The summed E-state index contributed by atoms with van der Waals surface area (Å²) in [6.45, 7) is 4.81. The number of likely N-dealkylation sites (tertiary alicyclic amines) is 1. The van der Waals surface area contributed by atoms with E-state index in [9.17, 15) is 0 Å². The number of piperazine rings is 1. The summed E-state index contributed by atoms with van der Waals surface area (Å²) in [7, 11) is 2.16. The fourth-order valence-electron chi connectivity index (χ4n) is 5.27. The molecule has 6 rings (SSSR count). The maximum atomic E-state index is 6.30. The average molecular weight is 553 g/mol. The van der Waals surface area contributed by atoms with E-state index < -0.39 is 0 Å². The van der Waals surface area contributed by atoms with Gasteiger partial charge >= 0.3 is 0 Å². The molecule has 1 unspecified atom stereocenters. The van der Waals surface area contributed by atoms with Crippen LogP contribution in [-0.2, 0) is 6.42 Å². The topological polar surface area (TPSA) is 121 Å². The van der Waals surface area contributed by atoms with Crippen molar-refractivity contribution in [1.82, 2.24) is 29.8 Å². The quantitative estimate of drug-likeness (QED) is 0.318. The summed E-state index contributed by atoms with van der Waals surface area (Å²) in [4.78, 5) is 29.3. The van der Waals surface area contributed by atoms with E-state index in [1.807, 2.05) is 48.7 Å². The van der Waals surface area contributed by atoms with Crippen LogP contribution < -0.4 is 25.6 Å². The molecule has 1 atom stereocenters. The number of aromatic nitrogens is 5. The van der Waals surface area contributed by atoms with Gasteiger partial charge in [-0.15, -0.1) is 0 Å². The number of anilines is 5. The van der Waals surface area contributed by atoms with Gasteiger partial charge in [-0.05, 0) is 56.3 Å². The Kier molecular flexibility index (Phi) is 8.04. The van der Waals surface area contributed by atoms with Gasteiger partial charge in [-0.3, -0.25) is 0 Å². The molecule has 4 heterocycles. The van der Waals surface area contributed by atoms with E-state index in [4.69, 9.17) is 10.5 Å². The van der Waals surface area contributed by atoms with Crippen LogP contribution in [0.25, 0.3) is 0 Å². The van der Waals surface area contributed by atoms with Crippen molar-refractivity contribution in [2.45, 2.75) is 25.3 Å². The molecule has 11 heteroatoms. The summed E-state index contributed by atoms with van der Waals surface area (Å²) in [6, 6.07) is 18.6. The monoisotopic (exact) mass is 552 g/mol. The number of nitrogens with zero attached hydrogens (tertiary/aromatic N) is 8. The second kappa shape index (κ2) is 12.3. The van der Waals surface area contributed by atoms with E-state index >= 15 is 0 Å². The maximum Gasteiger partial charge on any atom is 0.231 e. The van der Waals surface area contributed by atoms with Gasteiger partial charge in [-0.25, -0.2) is 15.0 Å². The van der Waals surface area contributed by atoms with Crippen LogP contribution >= 0.6 is 0 Å². The number of nitrogens with one attached hydrogen (secondary N) is 1. The molecular weight excluding hydrogens is 516 g/mol. The predicted molar refractivity (Wildman–Crippen MR) is 161 cm³/mol. The molecule has 0 radical (unpaired) electrons. The zero-order chi connectivity index (χ0) is 28.0. The minimum absolute atomic E-state index is 0.495. The van der Waals surface area contributed by atoms with Gasteiger partial charge in [-0.2, -0.15) is 9.97 Å². The minimum Gasteiger partial charge on any atom is -0.492 e. The summed E-state index contributed by atoms with van der Waals surface area (Å²) in [5.41, 5.74) is 9.31. The molecule has 4 aromatic rings. The molecule has 0 bridgehead atoms. The number of likely N-dealkylation sites (N-methyl/N-ethyl adjacent to an activating group) is 1. The SMILES string of the molecule is CN1CCCC1COc1ccc(Nc2ncnc(N3CCN(c4ncc(Cc5ccccc5)c(N)n4)CC3)n2)cc1. The predicted octanol–water partition coefficient (Wildman–Crippen LogP) is 3.38. The summed E-state index contributed by atoms with van der Waals surface area (Å²) < 4.78 is 6.00. The van der Waals surface area contributed by atoms with Gasteiger partial charge in [0.15, 0.2) is 0 Å². The Morgan fingerprint density at radius 1 is 0.878 bits per heavy atom. The summed E-state index contributed by atoms with van der Waals surface area (Å²) in [5.74, 6) is 3.18. The number of hydrogen-bond donors (Lipinski definition) is 2. The first-order valence-corrected chi connectivity index (χ1v) is 14.1. The highest BCUT2D eigenvalue weighted by Crippen LogP contribution is 2.23. The van der Waals surface area contributed by atoms with Gasteiger partial charge in [0, 0.05) is 56.1 Å². The number of ether oxygens (including phenoxy) is 1. The Labute approximate surface area is 240 Å². The number of benzene rings is 2. The third-order valence-electron chi connectivity index (χ3n) is 7.75. The largest absolute Gasteiger partial charge is 0.492 e. The number of nitrogen functional groups attached to an aromatic ring is 1. The zero-order valence-corrected chi connectivity index (χ0v) is 23.4. The van der Waals surface area contributed by atoms with E-state index in [0.29, 0.717) is 42.7 Å². The molecule has 2 fully saturated rings. The van der Waals surface area contributed by atoms with Gasteiger partial charge in [0.05, 0.1) is 0 Å². The van der Waals surface area contributed by atoms with Crippen molar-refractivity contribution in [2.24, 2.45) is 0 Å². The van der Waals surface area contributed by atoms with Gasteiger partial charge in [-0.1, -0.05) is 30.3 Å². The molecular formula is C30H36N10O. The molecule has 2 saturated heterocycles. The molecule has 3 N–H and O–H groups in total. The summed E-state index contributed by atoms with van der Waals surface area (Å²) in [6.07, 6.45) is 6.53. The average Bonchev–Trinajstić information content (AvgIpc) is 3.43. The molecule has 0 spiro atoms. The molecule has 0 amide bonds. The van der Waals surface area contributed by atoms with E-state index in [1.165, 1.54) is 18.4 Å². The van der Waals surface area contributed by atoms with Gasteiger partial charge in [0.25, 0.3) is 0 Å². The van der Waals surface area contributed by atoms with Crippen LogP contribution in [0.5, 0.6) is 5.75 Å². The molecule has 2 aromatic carbocycles. The molecule has 0 aliphatic carbocycles. The Bertz CT molecular complexity index is 1430. The van der Waals surface area contributed by atoms with Gasteiger partial charge < -0.3 is 30.5 Å². The van der Waals surface area contributed by atoms with Crippen molar-refractivity contribution in [3.05, 3.63) is 78.2 Å². The minimum atomic E-state index is 0.495. The first-order chi connectivity index (χ1) is 20.1. The Morgan fingerprint density at radius 2 is 1.61 bits per heavy atom. The maximum absolute atomic E-state index is 6.30. The highest BCUT2D eigenvalue weighted by Gasteiger charge is 2.23. The lowest BCUT2D eigenvalue weighted by Crippen LogP contribution is -2.47. The summed E-state index contributed by atoms with van der Waals surface area (Å²) >= 11 is 0. The lowest BCUT2D eigenvalue weighted by molar-refractivity contribution is 0.198. The first kappa shape index (κ1) is 26.7. The Hall–Kier alpha value is -4.51. The number of nitrogens with two attached hydrogens (primary N) is 1. The third kappa shape index (κ3) is 6.63. The second-order valence-corrected chi connectivity index (χ2v) is 10.6. The van der Waals surface area contributed by atoms with Crippen LogP contribution in [0.3, 0.4) is 0 Å². The molecule has 212 valence electrons. The highest BCUT2D eigenvalue weighted by molar-refractivity contribution is 5.55. The molecule has 11 nitrogen and oxygen atoms in total. The first-order valence-electron chi connectivity index (χ1n) is 14.1. The molecule has 2 aliphatic rings. The standard InChI is InChI=1S/C30H36N10O/c1-38-13-5-8-25(38)20-41-26-11-9-24(10-12-26)35-28-33-21-34-30(37-28)40-16-14-39(15-17-40)29-32-19-23(27(31)36-29)18-22-6-3-2-4-7-22/h2-4,6-7,9-12,19,21,25H,5,8,13-18,20H2,1H3,(H2,31,32,36)(H,33,34,35,37). The van der Waals surface area contributed by atoms with Crippen molar-refractivity contribution < 1.29 is 4.74 Å². The van der Waals surface area contributed by atoms with E-state index in [2.05, 4.69) is 64.1 Å². The normalized spacial score (nSPS) is 17.5. The lowest BCUT2D eigenvalue weighted by Gasteiger charge is -2.34. The van der Waals surface area contributed by atoms with Crippen molar-refractivity contribution in [2.75, 3.05) is 67.2 Å². The second-order valence-electron chi connectivity index (χ2n) is 10.6. The lowest BCUT2D eigenvalue weighted by atomic mass is 10.1. The van der Waals surface area contributed by atoms with E-state index in [1.54, 1.807) is 6.33 Å². The van der Waals surface area contributed by atoms with E-state index in [0.717, 1.165) is 49.7 Å². The Morgan fingerprint density at radius 3 is 2.29 bits per heavy atom. The summed E-state index contributed by atoms with van der Waals surface area (Å²) in [5, 5.41) is 3.28. The van der Waals surface area contributed by atoms with Crippen LogP contribution in [0, 0.1) is 0 Å². The highest BCUT2D eigenvalue weighted by atomic mass is 16.5. The van der Waals surface area contributed by atoms with E-state index in [-0.39, 0.29) is 0 Å². The van der Waals surface area contributed by atoms with Crippen LogP contribution in [0.15, 0.2) is 67.1 Å². The fourth-order valence-corrected chi connectivity index (χ4v) is 5.27. The third-order valence-corrected chi connectivity index (χ3v) is 7.75. The van der Waals surface area contributed by atoms with Crippen LogP contribution in [0.2, 0.25) is 0 Å². The van der Waals surface area contributed by atoms with Crippen LogP contribution in [-0.4, -0.2) is 82.2 Å². The van der Waals surface area contributed by atoms with Crippen molar-refractivity contribution in [1.29, 1.82) is 0 Å². The molecule has 0 saturated carbocycles. The number of rotatable bonds is 9. The van der Waals surface area contributed by atoms with Gasteiger partial charge in [0.2, 0.25) is 17.8 Å². The molecule has 41 heavy (non-hydrogen) atoms. The van der Waals surface area contributed by atoms with Gasteiger partial charge in [0.1, 0.15) is 24.5 Å². The van der Waals surface area contributed by atoms with Crippen molar-refractivity contribution >= 4 is 29.4 Å². The molecule has 2 aliphatic heterocycles. The Balaban J connectivity index is 1.02. The van der Waals surface area contributed by atoms with Crippen molar-refractivity contribution in [3.63, 3.8) is 0 Å². The zero-order valence-electron chi connectivity index (χ0n) is 23.4.